The van der Waals surface area contributed by atoms with Crippen LogP contribution in [0.2, 0.25) is 0 Å². The van der Waals surface area contributed by atoms with E-state index in [4.69, 9.17) is 15.3 Å². The van der Waals surface area contributed by atoms with E-state index >= 15 is 0 Å². The lowest BCUT2D eigenvalue weighted by Crippen LogP contribution is -2.54. The zero-order valence-corrected chi connectivity index (χ0v) is 10.1. The van der Waals surface area contributed by atoms with Crippen LogP contribution in [-0.2, 0) is 0 Å². The summed E-state index contributed by atoms with van der Waals surface area (Å²) in [6.07, 6.45) is 0. The molecule has 4 N–H and O–H groups in total. The third-order valence-corrected chi connectivity index (χ3v) is 2.36. The molecule has 0 rings (SSSR count). The maximum atomic E-state index is 11.8. The first-order valence-corrected chi connectivity index (χ1v) is 5.39. The van der Waals surface area contributed by atoms with Crippen molar-refractivity contribution >= 4 is 6.03 Å². The SMILES string of the molecule is CC(CO)NC(=O)N(C(C)CO)C(C)CO. The minimum Gasteiger partial charge on any atom is -0.394 e. The fourth-order valence-corrected chi connectivity index (χ4v) is 1.34. The van der Waals surface area contributed by atoms with Crippen LogP contribution in [0.3, 0.4) is 0 Å². The highest BCUT2D eigenvalue weighted by molar-refractivity contribution is 5.75. The Balaban J connectivity index is 4.56. The van der Waals surface area contributed by atoms with Gasteiger partial charge in [0.15, 0.2) is 0 Å². The first-order chi connectivity index (χ1) is 7.47. The van der Waals surface area contributed by atoms with Crippen molar-refractivity contribution in [2.75, 3.05) is 19.8 Å². The van der Waals surface area contributed by atoms with Crippen molar-refractivity contribution in [2.24, 2.45) is 0 Å². The summed E-state index contributed by atoms with van der Waals surface area (Å²) in [5.41, 5.74) is 0. The van der Waals surface area contributed by atoms with E-state index in [0.29, 0.717) is 0 Å². The lowest BCUT2D eigenvalue weighted by atomic mass is 10.2. The van der Waals surface area contributed by atoms with Gasteiger partial charge in [0, 0.05) is 0 Å². The largest absolute Gasteiger partial charge is 0.394 e. The van der Waals surface area contributed by atoms with Gasteiger partial charge in [-0.25, -0.2) is 4.79 Å². The molecule has 0 aliphatic rings. The quantitative estimate of drug-likeness (QED) is 0.481. The van der Waals surface area contributed by atoms with Gasteiger partial charge in [-0.2, -0.15) is 0 Å². The minimum atomic E-state index is -0.398. The highest BCUT2D eigenvalue weighted by Gasteiger charge is 2.25. The molecule has 0 saturated heterocycles. The molecule has 6 nitrogen and oxygen atoms in total. The summed E-state index contributed by atoms with van der Waals surface area (Å²) in [6, 6.07) is -1.52. The monoisotopic (exact) mass is 234 g/mol. The van der Waals surface area contributed by atoms with Gasteiger partial charge in [0.05, 0.1) is 37.9 Å². The highest BCUT2D eigenvalue weighted by Crippen LogP contribution is 2.06. The molecule has 3 unspecified atom stereocenters. The number of nitrogens with zero attached hydrogens (tertiary/aromatic N) is 1. The van der Waals surface area contributed by atoms with Crippen molar-refractivity contribution in [3.63, 3.8) is 0 Å². The minimum absolute atomic E-state index is 0.152. The molecule has 0 aromatic rings. The number of rotatable bonds is 6. The van der Waals surface area contributed by atoms with E-state index in [2.05, 4.69) is 5.32 Å². The number of hydrogen-bond acceptors (Lipinski definition) is 4. The molecular formula is C10H22N2O4. The fraction of sp³-hybridized carbons (Fsp3) is 0.900. The van der Waals surface area contributed by atoms with Crippen molar-refractivity contribution in [1.29, 1.82) is 0 Å². The summed E-state index contributed by atoms with van der Waals surface area (Å²) >= 11 is 0. The van der Waals surface area contributed by atoms with E-state index in [1.807, 2.05) is 0 Å². The van der Waals surface area contributed by atoms with Crippen LogP contribution in [0.15, 0.2) is 0 Å². The van der Waals surface area contributed by atoms with Gasteiger partial charge in [-0.1, -0.05) is 0 Å². The summed E-state index contributed by atoms with van der Waals surface area (Å²) in [5, 5.41) is 29.5. The molecular weight excluding hydrogens is 212 g/mol. The summed E-state index contributed by atoms with van der Waals surface area (Å²) in [7, 11) is 0. The Morgan fingerprint density at radius 2 is 1.50 bits per heavy atom. The van der Waals surface area contributed by atoms with Gasteiger partial charge in [0.2, 0.25) is 0 Å². The Morgan fingerprint density at radius 3 is 1.81 bits per heavy atom. The predicted octanol–water partition coefficient (Wildman–Crippen LogP) is -0.860. The number of hydrogen-bond donors (Lipinski definition) is 4. The van der Waals surface area contributed by atoms with Crippen molar-refractivity contribution in [2.45, 2.75) is 38.9 Å². The topological polar surface area (TPSA) is 93.0 Å². The molecule has 0 aromatic heterocycles. The van der Waals surface area contributed by atoms with Crippen LogP contribution in [-0.4, -0.2) is 64.2 Å². The van der Waals surface area contributed by atoms with Gasteiger partial charge in [-0.15, -0.1) is 0 Å². The Kier molecular flexibility index (Phi) is 7.03. The van der Waals surface area contributed by atoms with E-state index < -0.39 is 6.03 Å². The lowest BCUT2D eigenvalue weighted by Gasteiger charge is -2.33. The van der Waals surface area contributed by atoms with Gasteiger partial charge in [-0.05, 0) is 20.8 Å². The third-order valence-electron chi connectivity index (χ3n) is 2.36. The Labute approximate surface area is 95.9 Å². The zero-order valence-electron chi connectivity index (χ0n) is 10.1. The Bertz CT molecular complexity index is 203. The molecule has 0 fully saturated rings. The van der Waals surface area contributed by atoms with E-state index in [9.17, 15) is 4.79 Å². The molecule has 0 radical (unpaired) electrons. The Hall–Kier alpha value is -0.850. The van der Waals surface area contributed by atoms with Crippen LogP contribution in [0.1, 0.15) is 20.8 Å². The molecule has 6 heteroatoms. The molecule has 16 heavy (non-hydrogen) atoms. The molecule has 0 aliphatic carbocycles. The third kappa shape index (κ3) is 4.34. The summed E-state index contributed by atoms with van der Waals surface area (Å²) in [4.78, 5) is 13.2. The number of nitrogens with one attached hydrogen (secondary N) is 1. The van der Waals surface area contributed by atoms with E-state index in [-0.39, 0.29) is 37.9 Å². The average Bonchev–Trinajstić information content (AvgIpc) is 2.28. The van der Waals surface area contributed by atoms with Crippen LogP contribution in [0.25, 0.3) is 0 Å². The van der Waals surface area contributed by atoms with Gasteiger partial charge in [0.1, 0.15) is 0 Å². The molecule has 0 spiro atoms. The standard InChI is InChI=1S/C10H22N2O4/c1-7(4-13)11-10(16)12(8(2)5-14)9(3)6-15/h7-9,13-15H,4-6H2,1-3H3,(H,11,16). The zero-order chi connectivity index (χ0) is 12.7. The average molecular weight is 234 g/mol. The van der Waals surface area contributed by atoms with Gasteiger partial charge in [0.25, 0.3) is 0 Å². The van der Waals surface area contributed by atoms with E-state index in [1.165, 1.54) is 4.90 Å². The summed E-state index contributed by atoms with van der Waals surface area (Å²) in [5.74, 6) is 0. The maximum absolute atomic E-state index is 11.8. The molecule has 0 heterocycles. The number of urea groups is 1. The first-order valence-electron chi connectivity index (χ1n) is 5.39. The van der Waals surface area contributed by atoms with Crippen molar-refractivity contribution in [3.8, 4) is 0 Å². The van der Waals surface area contributed by atoms with Crippen molar-refractivity contribution in [3.05, 3.63) is 0 Å². The number of carbonyl (C=O) groups is 1. The second kappa shape index (κ2) is 7.43. The normalized spacial score (nSPS) is 16.4. The van der Waals surface area contributed by atoms with Crippen LogP contribution in [0.4, 0.5) is 4.79 Å². The lowest BCUT2D eigenvalue weighted by molar-refractivity contribution is 0.0869. The second-order valence-corrected chi connectivity index (χ2v) is 4.00. The fourth-order valence-electron chi connectivity index (χ4n) is 1.34. The predicted molar refractivity (Wildman–Crippen MR) is 60.0 cm³/mol. The molecule has 0 aromatic carbocycles. The second-order valence-electron chi connectivity index (χ2n) is 4.00. The number of aliphatic hydroxyl groups is 3. The van der Waals surface area contributed by atoms with Crippen LogP contribution in [0.5, 0.6) is 0 Å². The molecule has 0 bridgehead atoms. The van der Waals surface area contributed by atoms with E-state index in [1.54, 1.807) is 20.8 Å². The van der Waals surface area contributed by atoms with Gasteiger partial charge >= 0.3 is 6.03 Å². The smallest absolute Gasteiger partial charge is 0.318 e. The number of carbonyl (C=O) groups excluding carboxylic acids is 1. The van der Waals surface area contributed by atoms with E-state index in [0.717, 1.165) is 0 Å². The van der Waals surface area contributed by atoms with Crippen LogP contribution < -0.4 is 5.32 Å². The molecule has 96 valence electrons. The summed E-state index contributed by atoms with van der Waals surface area (Å²) < 4.78 is 0. The molecule has 2 amide bonds. The van der Waals surface area contributed by atoms with Crippen LogP contribution in [0, 0.1) is 0 Å². The maximum Gasteiger partial charge on any atom is 0.318 e. The highest BCUT2D eigenvalue weighted by atomic mass is 16.3. The molecule has 0 aliphatic heterocycles. The Morgan fingerprint density at radius 1 is 1.06 bits per heavy atom. The number of aliphatic hydroxyl groups excluding tert-OH is 3. The first kappa shape index (κ1) is 15.2. The van der Waals surface area contributed by atoms with Gasteiger partial charge in [-0.3, -0.25) is 0 Å². The van der Waals surface area contributed by atoms with Crippen molar-refractivity contribution < 1.29 is 20.1 Å². The summed E-state index contributed by atoms with van der Waals surface area (Å²) in [6.45, 7) is 4.55. The van der Waals surface area contributed by atoms with Crippen LogP contribution >= 0.6 is 0 Å². The number of amides is 2. The molecule has 0 saturated carbocycles. The van der Waals surface area contributed by atoms with Crippen molar-refractivity contribution in [1.82, 2.24) is 10.2 Å². The van der Waals surface area contributed by atoms with Gasteiger partial charge < -0.3 is 25.5 Å². The molecule has 3 atom stereocenters.